The molecule has 0 saturated carbocycles. The first kappa shape index (κ1) is 13.7. The van der Waals surface area contributed by atoms with Gasteiger partial charge < -0.3 is 5.32 Å². The van der Waals surface area contributed by atoms with E-state index >= 15 is 0 Å². The summed E-state index contributed by atoms with van der Waals surface area (Å²) in [6, 6.07) is 10.7. The lowest BCUT2D eigenvalue weighted by Gasteiger charge is -2.36. The van der Waals surface area contributed by atoms with Gasteiger partial charge in [0.15, 0.2) is 0 Å². The Morgan fingerprint density at radius 3 is 2.71 bits per heavy atom. The molecule has 2 aliphatic heterocycles. The Labute approximate surface area is 130 Å². The van der Waals surface area contributed by atoms with Crippen molar-refractivity contribution in [3.63, 3.8) is 0 Å². The minimum atomic E-state index is 0.737. The number of thiazole rings is 1. The molecule has 4 rings (SSSR count). The van der Waals surface area contributed by atoms with E-state index in [4.69, 9.17) is 4.98 Å². The van der Waals surface area contributed by atoms with Crippen LogP contribution in [0.2, 0.25) is 0 Å². The zero-order valence-corrected chi connectivity index (χ0v) is 13.4. The second-order valence-corrected chi connectivity index (χ2v) is 7.52. The summed E-state index contributed by atoms with van der Waals surface area (Å²) in [6.07, 6.45) is 5.38. The molecule has 2 atom stereocenters. The van der Waals surface area contributed by atoms with Crippen LogP contribution in [0.4, 0.5) is 0 Å². The molecular formula is C17H23N3S. The molecule has 3 heterocycles. The number of fused-ring (bicyclic) bond motifs is 3. The van der Waals surface area contributed by atoms with Crippen molar-refractivity contribution in [1.29, 1.82) is 0 Å². The summed E-state index contributed by atoms with van der Waals surface area (Å²) in [6.45, 7) is 4.43. The molecule has 2 fully saturated rings. The highest BCUT2D eigenvalue weighted by Gasteiger charge is 2.35. The fourth-order valence-electron chi connectivity index (χ4n) is 3.99. The second kappa shape index (κ2) is 5.67. The minimum absolute atomic E-state index is 0.737. The van der Waals surface area contributed by atoms with Crippen molar-refractivity contribution >= 4 is 21.6 Å². The van der Waals surface area contributed by atoms with Crippen LogP contribution in [0.3, 0.4) is 0 Å². The molecule has 0 spiro atoms. The van der Waals surface area contributed by atoms with Gasteiger partial charge >= 0.3 is 0 Å². The summed E-state index contributed by atoms with van der Waals surface area (Å²) in [5.41, 5.74) is 1.15. The number of piperidine rings is 1. The summed E-state index contributed by atoms with van der Waals surface area (Å²) in [5, 5.41) is 5.01. The molecule has 1 aromatic heterocycles. The van der Waals surface area contributed by atoms with Gasteiger partial charge in [-0.3, -0.25) is 4.90 Å². The maximum absolute atomic E-state index is 4.81. The zero-order chi connectivity index (χ0) is 14.2. The Bertz CT molecular complexity index is 578. The molecule has 3 nitrogen and oxygen atoms in total. The third kappa shape index (κ3) is 2.72. The predicted molar refractivity (Wildman–Crippen MR) is 88.7 cm³/mol. The number of aromatic nitrogens is 1. The summed E-state index contributed by atoms with van der Waals surface area (Å²) in [5.74, 6) is 0. The molecule has 2 unspecified atom stereocenters. The van der Waals surface area contributed by atoms with Gasteiger partial charge in [-0.15, -0.1) is 11.3 Å². The van der Waals surface area contributed by atoms with Crippen LogP contribution >= 0.6 is 11.3 Å². The standard InChI is InChI=1S/C17H23N3S/c1-2-20(14-9-12-7-8-13(10-14)18-12)11-17-19-15-5-3-4-6-16(15)21-17/h3-6,12-14,18H,2,7-11H2,1H3. The van der Waals surface area contributed by atoms with E-state index in [0.717, 1.165) is 36.7 Å². The lowest BCUT2D eigenvalue weighted by molar-refractivity contribution is 0.140. The Hall–Kier alpha value is -0.970. The van der Waals surface area contributed by atoms with Crippen LogP contribution in [-0.2, 0) is 6.54 Å². The quantitative estimate of drug-likeness (QED) is 0.938. The highest BCUT2D eigenvalue weighted by molar-refractivity contribution is 7.18. The zero-order valence-electron chi connectivity index (χ0n) is 12.6. The van der Waals surface area contributed by atoms with Crippen molar-refractivity contribution in [1.82, 2.24) is 15.2 Å². The predicted octanol–water partition coefficient (Wildman–Crippen LogP) is 3.40. The maximum atomic E-state index is 4.81. The van der Waals surface area contributed by atoms with Gasteiger partial charge in [-0.05, 0) is 44.4 Å². The SMILES string of the molecule is CCN(Cc1nc2ccccc2s1)C1CC2CCC(C1)N2. The van der Waals surface area contributed by atoms with Gasteiger partial charge in [0.05, 0.1) is 16.8 Å². The minimum Gasteiger partial charge on any atom is -0.311 e. The summed E-state index contributed by atoms with van der Waals surface area (Å²) in [7, 11) is 0. The molecular weight excluding hydrogens is 278 g/mol. The van der Waals surface area contributed by atoms with E-state index in [1.54, 1.807) is 0 Å². The molecule has 2 aromatic rings. The van der Waals surface area contributed by atoms with Gasteiger partial charge in [-0.1, -0.05) is 19.1 Å². The molecule has 21 heavy (non-hydrogen) atoms. The Morgan fingerprint density at radius 2 is 2.00 bits per heavy atom. The molecule has 0 amide bonds. The molecule has 2 saturated heterocycles. The normalized spacial score (nSPS) is 28.6. The number of nitrogens with one attached hydrogen (secondary N) is 1. The van der Waals surface area contributed by atoms with Gasteiger partial charge in [-0.25, -0.2) is 4.98 Å². The third-order valence-corrected chi connectivity index (χ3v) is 6.07. The lowest BCUT2D eigenvalue weighted by Crippen LogP contribution is -2.47. The molecule has 1 aromatic carbocycles. The van der Waals surface area contributed by atoms with Crippen LogP contribution in [0.1, 0.15) is 37.6 Å². The van der Waals surface area contributed by atoms with Crippen LogP contribution in [0.15, 0.2) is 24.3 Å². The highest BCUT2D eigenvalue weighted by atomic mass is 32.1. The van der Waals surface area contributed by atoms with Crippen molar-refractivity contribution in [3.05, 3.63) is 29.3 Å². The van der Waals surface area contributed by atoms with Crippen molar-refractivity contribution in [2.45, 2.75) is 57.3 Å². The van der Waals surface area contributed by atoms with Gasteiger partial charge in [0.25, 0.3) is 0 Å². The number of hydrogen-bond acceptors (Lipinski definition) is 4. The topological polar surface area (TPSA) is 28.2 Å². The number of rotatable bonds is 4. The van der Waals surface area contributed by atoms with Crippen molar-refractivity contribution in [3.8, 4) is 0 Å². The summed E-state index contributed by atoms with van der Waals surface area (Å²) < 4.78 is 1.31. The van der Waals surface area contributed by atoms with Gasteiger partial charge in [-0.2, -0.15) is 0 Å². The first-order valence-corrected chi connectivity index (χ1v) is 8.98. The van der Waals surface area contributed by atoms with E-state index in [2.05, 4.69) is 41.4 Å². The maximum Gasteiger partial charge on any atom is 0.108 e. The van der Waals surface area contributed by atoms with Crippen LogP contribution < -0.4 is 5.32 Å². The second-order valence-electron chi connectivity index (χ2n) is 6.40. The fraction of sp³-hybridized carbons (Fsp3) is 0.588. The first-order valence-electron chi connectivity index (χ1n) is 8.16. The fourth-order valence-corrected chi connectivity index (χ4v) is 4.98. The molecule has 0 radical (unpaired) electrons. The van der Waals surface area contributed by atoms with E-state index < -0.39 is 0 Å². The molecule has 0 aliphatic carbocycles. The highest BCUT2D eigenvalue weighted by Crippen LogP contribution is 2.31. The van der Waals surface area contributed by atoms with Gasteiger partial charge in [0, 0.05) is 18.1 Å². The monoisotopic (exact) mass is 301 g/mol. The Kier molecular flexibility index (Phi) is 3.69. The lowest BCUT2D eigenvalue weighted by atomic mass is 9.98. The molecule has 112 valence electrons. The van der Waals surface area contributed by atoms with Crippen molar-refractivity contribution < 1.29 is 0 Å². The van der Waals surface area contributed by atoms with Crippen LogP contribution in [0, 0.1) is 0 Å². The van der Waals surface area contributed by atoms with E-state index in [0.29, 0.717) is 0 Å². The van der Waals surface area contributed by atoms with Crippen molar-refractivity contribution in [2.24, 2.45) is 0 Å². The van der Waals surface area contributed by atoms with E-state index in [-0.39, 0.29) is 0 Å². The molecule has 4 heteroatoms. The number of benzene rings is 1. The van der Waals surface area contributed by atoms with Crippen LogP contribution in [-0.4, -0.2) is 34.6 Å². The van der Waals surface area contributed by atoms with Gasteiger partial charge in [0.2, 0.25) is 0 Å². The van der Waals surface area contributed by atoms with Crippen molar-refractivity contribution in [2.75, 3.05) is 6.54 Å². The van der Waals surface area contributed by atoms with E-state index in [9.17, 15) is 0 Å². The Morgan fingerprint density at radius 1 is 1.24 bits per heavy atom. The molecule has 2 aliphatic rings. The Balaban J connectivity index is 1.50. The number of nitrogens with zero attached hydrogens (tertiary/aromatic N) is 2. The van der Waals surface area contributed by atoms with E-state index in [1.807, 2.05) is 11.3 Å². The number of hydrogen-bond donors (Lipinski definition) is 1. The largest absolute Gasteiger partial charge is 0.311 e. The van der Waals surface area contributed by atoms with Crippen LogP contribution in [0.25, 0.3) is 10.2 Å². The van der Waals surface area contributed by atoms with E-state index in [1.165, 1.54) is 35.4 Å². The first-order chi connectivity index (χ1) is 10.3. The smallest absolute Gasteiger partial charge is 0.108 e. The number of para-hydroxylation sites is 1. The average Bonchev–Trinajstić information content (AvgIpc) is 3.07. The van der Waals surface area contributed by atoms with Crippen LogP contribution in [0.5, 0.6) is 0 Å². The summed E-state index contributed by atoms with van der Waals surface area (Å²) in [4.78, 5) is 7.45. The summed E-state index contributed by atoms with van der Waals surface area (Å²) >= 11 is 1.85. The molecule has 1 N–H and O–H groups in total. The third-order valence-electron chi connectivity index (χ3n) is 5.05. The average molecular weight is 301 g/mol. The molecule has 2 bridgehead atoms. The van der Waals surface area contributed by atoms with Gasteiger partial charge in [0.1, 0.15) is 5.01 Å².